The van der Waals surface area contributed by atoms with Gasteiger partial charge in [0.2, 0.25) is 0 Å². The minimum atomic E-state index is -0.499. The monoisotopic (exact) mass is 184 g/mol. The Labute approximate surface area is 82.9 Å². The van der Waals surface area contributed by atoms with Crippen LogP contribution >= 0.6 is 0 Å². The van der Waals surface area contributed by atoms with Crippen LogP contribution in [-0.2, 0) is 0 Å². The molecule has 13 heavy (non-hydrogen) atoms. The van der Waals surface area contributed by atoms with E-state index in [0.717, 1.165) is 19.3 Å². The molecule has 0 rings (SSSR count). The number of hydrogen-bond acceptors (Lipinski definition) is 1. The van der Waals surface area contributed by atoms with E-state index in [2.05, 4.69) is 26.8 Å². The molecule has 0 aliphatic carbocycles. The summed E-state index contributed by atoms with van der Waals surface area (Å²) in [5.74, 6) is 0.396. The summed E-state index contributed by atoms with van der Waals surface area (Å²) >= 11 is 0. The van der Waals surface area contributed by atoms with Crippen molar-refractivity contribution in [2.45, 2.75) is 59.5 Å². The Morgan fingerprint density at radius 1 is 1.38 bits per heavy atom. The second kappa shape index (κ2) is 5.43. The van der Waals surface area contributed by atoms with Crippen molar-refractivity contribution in [2.24, 2.45) is 5.92 Å². The van der Waals surface area contributed by atoms with Gasteiger partial charge in [0.1, 0.15) is 0 Å². The van der Waals surface area contributed by atoms with Crippen LogP contribution in [0.15, 0.2) is 11.6 Å². The predicted octanol–water partition coefficient (Wildman–Crippen LogP) is 3.53. The second-order valence-corrected chi connectivity index (χ2v) is 4.33. The van der Waals surface area contributed by atoms with Crippen LogP contribution in [0.2, 0.25) is 0 Å². The smallest absolute Gasteiger partial charge is 0.0648 e. The van der Waals surface area contributed by atoms with Gasteiger partial charge < -0.3 is 5.11 Å². The van der Waals surface area contributed by atoms with Crippen LogP contribution in [0.5, 0.6) is 0 Å². The first kappa shape index (κ1) is 12.7. The minimum absolute atomic E-state index is 0.396. The third-order valence-corrected chi connectivity index (χ3v) is 2.90. The van der Waals surface area contributed by atoms with Gasteiger partial charge in [0.25, 0.3) is 0 Å². The van der Waals surface area contributed by atoms with Crippen LogP contribution in [0, 0.1) is 5.92 Å². The normalized spacial score (nSPS) is 17.7. The van der Waals surface area contributed by atoms with E-state index in [1.54, 1.807) is 0 Å². The number of allylic oxidation sites excluding steroid dienone is 2. The molecule has 0 aromatic rings. The Kier molecular flexibility index (Phi) is 5.31. The lowest BCUT2D eigenvalue weighted by Crippen LogP contribution is -2.33. The fourth-order valence-electron chi connectivity index (χ4n) is 1.53. The maximum absolute atomic E-state index is 10.1. The summed E-state index contributed by atoms with van der Waals surface area (Å²) in [5.41, 5.74) is 0.839. The van der Waals surface area contributed by atoms with Gasteiger partial charge >= 0.3 is 0 Å². The standard InChI is InChI=1S/C12H24O/c1-6-11(9-8-10(3)4)12(5,13)7-2/h8,11,13H,6-7,9H2,1-5H3. The van der Waals surface area contributed by atoms with Gasteiger partial charge in [0.15, 0.2) is 0 Å². The van der Waals surface area contributed by atoms with Crippen molar-refractivity contribution in [3.05, 3.63) is 11.6 Å². The molecule has 78 valence electrons. The Hall–Kier alpha value is -0.300. The highest BCUT2D eigenvalue weighted by atomic mass is 16.3. The summed E-state index contributed by atoms with van der Waals surface area (Å²) in [6.07, 6.45) is 5.10. The predicted molar refractivity (Wildman–Crippen MR) is 58.7 cm³/mol. The van der Waals surface area contributed by atoms with Crippen LogP contribution in [0.4, 0.5) is 0 Å². The van der Waals surface area contributed by atoms with E-state index in [0.29, 0.717) is 5.92 Å². The van der Waals surface area contributed by atoms with Crippen molar-refractivity contribution in [2.75, 3.05) is 0 Å². The largest absolute Gasteiger partial charge is 0.390 e. The molecule has 0 radical (unpaired) electrons. The Balaban J connectivity index is 4.26. The van der Waals surface area contributed by atoms with Crippen LogP contribution in [0.3, 0.4) is 0 Å². The summed E-state index contributed by atoms with van der Waals surface area (Å²) in [4.78, 5) is 0. The highest BCUT2D eigenvalue weighted by Crippen LogP contribution is 2.27. The first-order chi connectivity index (χ1) is 5.94. The van der Waals surface area contributed by atoms with Gasteiger partial charge in [0, 0.05) is 0 Å². The highest BCUT2D eigenvalue weighted by molar-refractivity contribution is 4.96. The summed E-state index contributed by atoms with van der Waals surface area (Å²) < 4.78 is 0. The quantitative estimate of drug-likeness (QED) is 0.648. The van der Waals surface area contributed by atoms with E-state index in [1.807, 2.05) is 13.8 Å². The molecule has 0 aromatic heterocycles. The Morgan fingerprint density at radius 2 is 1.92 bits per heavy atom. The average molecular weight is 184 g/mol. The first-order valence-electron chi connectivity index (χ1n) is 5.29. The fourth-order valence-corrected chi connectivity index (χ4v) is 1.53. The highest BCUT2D eigenvalue weighted by Gasteiger charge is 2.27. The van der Waals surface area contributed by atoms with Crippen LogP contribution < -0.4 is 0 Å². The van der Waals surface area contributed by atoms with E-state index in [9.17, 15) is 5.11 Å². The number of hydrogen-bond donors (Lipinski definition) is 1. The van der Waals surface area contributed by atoms with Crippen molar-refractivity contribution in [1.82, 2.24) is 0 Å². The molecule has 1 nitrogen and oxygen atoms in total. The summed E-state index contributed by atoms with van der Waals surface area (Å²) in [6.45, 7) is 10.3. The molecule has 0 spiro atoms. The molecule has 0 heterocycles. The molecular weight excluding hydrogens is 160 g/mol. The van der Waals surface area contributed by atoms with Crippen LogP contribution in [-0.4, -0.2) is 10.7 Å². The average Bonchev–Trinajstić information content (AvgIpc) is 2.04. The maximum atomic E-state index is 10.1. The molecule has 0 aliphatic rings. The summed E-state index contributed by atoms with van der Waals surface area (Å²) in [7, 11) is 0. The lowest BCUT2D eigenvalue weighted by Gasteiger charge is -2.30. The van der Waals surface area contributed by atoms with Crippen molar-refractivity contribution in [3.8, 4) is 0 Å². The topological polar surface area (TPSA) is 20.2 Å². The van der Waals surface area contributed by atoms with E-state index in [1.165, 1.54) is 5.57 Å². The molecule has 0 saturated heterocycles. The zero-order valence-corrected chi connectivity index (χ0v) is 9.72. The van der Waals surface area contributed by atoms with Crippen LogP contribution in [0.25, 0.3) is 0 Å². The summed E-state index contributed by atoms with van der Waals surface area (Å²) in [5, 5.41) is 10.1. The zero-order chi connectivity index (χ0) is 10.5. The van der Waals surface area contributed by atoms with Gasteiger partial charge in [-0.1, -0.05) is 31.9 Å². The number of rotatable bonds is 5. The third kappa shape index (κ3) is 4.47. The molecule has 0 saturated carbocycles. The molecule has 0 aromatic carbocycles. The van der Waals surface area contributed by atoms with Gasteiger partial charge in [-0.25, -0.2) is 0 Å². The second-order valence-electron chi connectivity index (χ2n) is 4.33. The van der Waals surface area contributed by atoms with E-state index < -0.39 is 5.60 Å². The molecule has 2 unspecified atom stereocenters. The molecule has 1 heteroatoms. The zero-order valence-electron chi connectivity index (χ0n) is 9.72. The molecule has 1 N–H and O–H groups in total. The van der Waals surface area contributed by atoms with E-state index in [-0.39, 0.29) is 0 Å². The van der Waals surface area contributed by atoms with Gasteiger partial charge in [0.05, 0.1) is 5.60 Å². The fraction of sp³-hybridized carbons (Fsp3) is 0.833. The van der Waals surface area contributed by atoms with Crippen molar-refractivity contribution in [1.29, 1.82) is 0 Å². The molecule has 0 fully saturated rings. The Morgan fingerprint density at radius 3 is 2.23 bits per heavy atom. The lowest BCUT2D eigenvalue weighted by molar-refractivity contribution is -0.00522. The first-order valence-corrected chi connectivity index (χ1v) is 5.29. The van der Waals surface area contributed by atoms with Crippen LogP contribution in [0.1, 0.15) is 53.9 Å². The summed E-state index contributed by atoms with van der Waals surface area (Å²) in [6, 6.07) is 0. The van der Waals surface area contributed by atoms with Gasteiger partial charge in [-0.05, 0) is 39.5 Å². The van der Waals surface area contributed by atoms with Gasteiger partial charge in [-0.2, -0.15) is 0 Å². The molecule has 0 aliphatic heterocycles. The number of aliphatic hydroxyl groups is 1. The molecule has 2 atom stereocenters. The Bertz CT molecular complexity index is 164. The van der Waals surface area contributed by atoms with Gasteiger partial charge in [-0.3, -0.25) is 0 Å². The van der Waals surface area contributed by atoms with Gasteiger partial charge in [-0.15, -0.1) is 0 Å². The lowest BCUT2D eigenvalue weighted by atomic mass is 9.82. The van der Waals surface area contributed by atoms with Crippen molar-refractivity contribution >= 4 is 0 Å². The molecule has 0 bridgehead atoms. The van der Waals surface area contributed by atoms with E-state index in [4.69, 9.17) is 0 Å². The SMILES string of the molecule is CCC(CC=C(C)C)C(C)(O)CC. The van der Waals surface area contributed by atoms with Crippen molar-refractivity contribution in [3.63, 3.8) is 0 Å². The van der Waals surface area contributed by atoms with E-state index >= 15 is 0 Å². The molecular formula is C12H24O. The van der Waals surface area contributed by atoms with Crippen molar-refractivity contribution < 1.29 is 5.11 Å². The molecule has 0 amide bonds. The third-order valence-electron chi connectivity index (χ3n) is 2.90. The maximum Gasteiger partial charge on any atom is 0.0648 e. The minimum Gasteiger partial charge on any atom is -0.390 e.